The van der Waals surface area contributed by atoms with Gasteiger partial charge in [-0.3, -0.25) is 29.8 Å². The van der Waals surface area contributed by atoms with Crippen LogP contribution in [0.3, 0.4) is 0 Å². The van der Waals surface area contributed by atoms with Crippen LogP contribution in [0.25, 0.3) is 0 Å². The number of rotatable bonds is 9. The molecule has 0 fully saturated rings. The number of amides is 2. The standard InChI is InChI=1S/C23H20N4O7/c1-2-34-20-11-5-6-15(14-20)21(24-22(28)16-7-3-9-18(12-16)26(30)31)25-23(29)17-8-4-10-19(13-17)27(32)33/h3-14,21H,2H2,1H3,(H,24,28)(H,25,29). The van der Waals surface area contributed by atoms with Crippen LogP contribution >= 0.6 is 0 Å². The molecule has 0 unspecified atom stereocenters. The monoisotopic (exact) mass is 464 g/mol. The Morgan fingerprint density at radius 3 is 1.79 bits per heavy atom. The molecule has 34 heavy (non-hydrogen) atoms. The fourth-order valence-corrected chi connectivity index (χ4v) is 3.10. The normalized spacial score (nSPS) is 10.4. The highest BCUT2D eigenvalue weighted by Gasteiger charge is 2.21. The van der Waals surface area contributed by atoms with Crippen LogP contribution in [0, 0.1) is 20.2 Å². The molecule has 0 spiro atoms. The summed E-state index contributed by atoms with van der Waals surface area (Å²) in [5.74, 6) is -0.844. The van der Waals surface area contributed by atoms with Gasteiger partial charge >= 0.3 is 0 Å². The van der Waals surface area contributed by atoms with Gasteiger partial charge in [0.2, 0.25) is 0 Å². The summed E-state index contributed by atoms with van der Waals surface area (Å²) in [6, 6.07) is 16.9. The first-order chi connectivity index (χ1) is 16.3. The van der Waals surface area contributed by atoms with Gasteiger partial charge in [0.1, 0.15) is 11.9 Å². The summed E-state index contributed by atoms with van der Waals surface area (Å²) in [5, 5.41) is 27.4. The van der Waals surface area contributed by atoms with Gasteiger partial charge in [-0.15, -0.1) is 0 Å². The molecular weight excluding hydrogens is 444 g/mol. The number of carbonyl (C=O) groups is 2. The van der Waals surface area contributed by atoms with Crippen molar-refractivity contribution in [1.82, 2.24) is 10.6 Å². The molecule has 2 amide bonds. The lowest BCUT2D eigenvalue weighted by atomic mass is 10.1. The van der Waals surface area contributed by atoms with Crippen molar-refractivity contribution in [3.8, 4) is 5.75 Å². The molecule has 174 valence electrons. The number of ether oxygens (including phenoxy) is 1. The smallest absolute Gasteiger partial charge is 0.270 e. The minimum absolute atomic E-state index is 0.0183. The lowest BCUT2D eigenvalue weighted by molar-refractivity contribution is -0.385. The van der Waals surface area contributed by atoms with E-state index >= 15 is 0 Å². The van der Waals surface area contributed by atoms with E-state index in [-0.39, 0.29) is 22.5 Å². The topological polar surface area (TPSA) is 154 Å². The lowest BCUT2D eigenvalue weighted by Gasteiger charge is -2.21. The largest absolute Gasteiger partial charge is 0.494 e. The van der Waals surface area contributed by atoms with E-state index in [2.05, 4.69) is 10.6 Å². The predicted molar refractivity (Wildman–Crippen MR) is 121 cm³/mol. The Labute approximate surface area is 193 Å². The van der Waals surface area contributed by atoms with Crippen LogP contribution in [0.2, 0.25) is 0 Å². The third-order valence-electron chi connectivity index (χ3n) is 4.69. The van der Waals surface area contributed by atoms with Crippen molar-refractivity contribution in [2.24, 2.45) is 0 Å². The van der Waals surface area contributed by atoms with Gasteiger partial charge in [0.15, 0.2) is 0 Å². The summed E-state index contributed by atoms with van der Waals surface area (Å²) < 4.78 is 5.48. The number of nitrogens with zero attached hydrogens (tertiary/aromatic N) is 2. The number of hydrogen-bond acceptors (Lipinski definition) is 7. The van der Waals surface area contributed by atoms with Crippen LogP contribution in [-0.4, -0.2) is 28.3 Å². The Balaban J connectivity index is 1.92. The first-order valence-corrected chi connectivity index (χ1v) is 10.1. The average molecular weight is 464 g/mol. The van der Waals surface area contributed by atoms with Crippen molar-refractivity contribution in [3.05, 3.63) is 110 Å². The summed E-state index contributed by atoms with van der Waals surface area (Å²) in [7, 11) is 0. The zero-order chi connectivity index (χ0) is 24.7. The first kappa shape index (κ1) is 23.9. The molecular formula is C23H20N4O7. The minimum atomic E-state index is -1.07. The van der Waals surface area contributed by atoms with Gasteiger partial charge in [0, 0.05) is 35.4 Å². The maximum Gasteiger partial charge on any atom is 0.270 e. The third kappa shape index (κ3) is 5.91. The van der Waals surface area contributed by atoms with Gasteiger partial charge in [0.05, 0.1) is 16.5 Å². The van der Waals surface area contributed by atoms with Crippen molar-refractivity contribution in [3.63, 3.8) is 0 Å². The molecule has 0 bridgehead atoms. The molecule has 2 N–H and O–H groups in total. The second kappa shape index (κ2) is 10.7. The minimum Gasteiger partial charge on any atom is -0.494 e. The predicted octanol–water partition coefficient (Wildman–Crippen LogP) is 3.76. The molecule has 0 atom stereocenters. The fraction of sp³-hybridized carbons (Fsp3) is 0.130. The second-order valence-electron chi connectivity index (χ2n) is 7.00. The molecule has 11 heteroatoms. The molecule has 0 aliphatic carbocycles. The summed E-state index contributed by atoms with van der Waals surface area (Å²) in [6.45, 7) is 2.20. The highest BCUT2D eigenvalue weighted by atomic mass is 16.6. The van der Waals surface area contributed by atoms with E-state index in [9.17, 15) is 29.8 Å². The fourth-order valence-electron chi connectivity index (χ4n) is 3.10. The molecule has 0 radical (unpaired) electrons. The molecule has 3 rings (SSSR count). The van der Waals surface area contributed by atoms with Crippen molar-refractivity contribution in [2.45, 2.75) is 13.1 Å². The van der Waals surface area contributed by atoms with Crippen molar-refractivity contribution < 1.29 is 24.2 Å². The number of nitro groups is 2. The van der Waals surface area contributed by atoms with Crippen molar-refractivity contribution in [1.29, 1.82) is 0 Å². The summed E-state index contributed by atoms with van der Waals surface area (Å²) in [6.07, 6.45) is -1.07. The summed E-state index contributed by atoms with van der Waals surface area (Å²) in [4.78, 5) is 46.6. The molecule has 0 aliphatic rings. The average Bonchev–Trinajstić information content (AvgIpc) is 2.84. The summed E-state index contributed by atoms with van der Waals surface area (Å²) >= 11 is 0. The van der Waals surface area contributed by atoms with E-state index < -0.39 is 27.8 Å². The molecule has 11 nitrogen and oxygen atoms in total. The van der Waals surface area contributed by atoms with E-state index in [1.54, 1.807) is 31.2 Å². The van der Waals surface area contributed by atoms with Crippen molar-refractivity contribution in [2.75, 3.05) is 6.61 Å². The lowest BCUT2D eigenvalue weighted by Crippen LogP contribution is -2.41. The second-order valence-corrected chi connectivity index (χ2v) is 7.00. The molecule has 0 aromatic heterocycles. The van der Waals surface area contributed by atoms with Gasteiger partial charge in [-0.1, -0.05) is 24.3 Å². The molecule has 0 aliphatic heterocycles. The Bertz CT molecular complexity index is 1170. The molecule has 0 saturated carbocycles. The quantitative estimate of drug-likeness (QED) is 0.278. The maximum atomic E-state index is 12.9. The molecule has 3 aromatic rings. The van der Waals surface area contributed by atoms with Crippen LogP contribution in [0.1, 0.15) is 39.4 Å². The van der Waals surface area contributed by atoms with Gasteiger partial charge in [-0.05, 0) is 36.8 Å². The Hall–Kier alpha value is -4.80. The third-order valence-corrected chi connectivity index (χ3v) is 4.69. The van der Waals surface area contributed by atoms with Gasteiger partial charge < -0.3 is 15.4 Å². The Kier molecular flexibility index (Phi) is 7.49. The number of nitro benzene ring substituents is 2. The molecule has 3 aromatic carbocycles. The van der Waals surface area contributed by atoms with E-state index in [4.69, 9.17) is 4.74 Å². The zero-order valence-electron chi connectivity index (χ0n) is 18.0. The summed E-state index contributed by atoms with van der Waals surface area (Å²) in [5.41, 5.74) is -0.0237. The van der Waals surface area contributed by atoms with Crippen LogP contribution in [0.4, 0.5) is 11.4 Å². The number of benzene rings is 3. The number of carbonyl (C=O) groups excluding carboxylic acids is 2. The number of hydrogen-bond donors (Lipinski definition) is 2. The van der Waals surface area contributed by atoms with Crippen LogP contribution in [0.15, 0.2) is 72.8 Å². The first-order valence-electron chi connectivity index (χ1n) is 10.1. The van der Waals surface area contributed by atoms with Crippen LogP contribution < -0.4 is 15.4 Å². The highest BCUT2D eigenvalue weighted by molar-refractivity contribution is 5.97. The van der Waals surface area contributed by atoms with E-state index in [0.717, 1.165) is 12.1 Å². The van der Waals surface area contributed by atoms with E-state index in [0.29, 0.717) is 17.9 Å². The number of non-ortho nitro benzene ring substituents is 2. The SMILES string of the molecule is CCOc1cccc(C(NC(=O)c2cccc([N+](=O)[O-])c2)NC(=O)c2cccc([N+](=O)[O-])c2)c1. The van der Waals surface area contributed by atoms with Gasteiger partial charge in [-0.2, -0.15) is 0 Å². The highest BCUT2D eigenvalue weighted by Crippen LogP contribution is 2.21. The molecule has 0 saturated heterocycles. The maximum absolute atomic E-state index is 12.9. The number of nitrogens with one attached hydrogen (secondary N) is 2. The Morgan fingerprint density at radius 2 is 1.32 bits per heavy atom. The van der Waals surface area contributed by atoms with Crippen LogP contribution in [0.5, 0.6) is 5.75 Å². The van der Waals surface area contributed by atoms with Gasteiger partial charge in [0.25, 0.3) is 23.2 Å². The van der Waals surface area contributed by atoms with E-state index in [1.165, 1.54) is 36.4 Å². The van der Waals surface area contributed by atoms with Gasteiger partial charge in [-0.25, -0.2) is 0 Å². The zero-order valence-corrected chi connectivity index (χ0v) is 18.0. The van der Waals surface area contributed by atoms with Crippen LogP contribution in [-0.2, 0) is 0 Å². The van der Waals surface area contributed by atoms with Crippen molar-refractivity contribution >= 4 is 23.2 Å². The Morgan fingerprint density at radius 1 is 0.824 bits per heavy atom. The molecule has 0 heterocycles. The van der Waals surface area contributed by atoms with E-state index in [1.807, 2.05) is 0 Å².